The highest BCUT2D eigenvalue weighted by molar-refractivity contribution is 7.12. The first-order valence-electron chi connectivity index (χ1n) is 6.28. The highest BCUT2D eigenvalue weighted by Crippen LogP contribution is 2.21. The zero-order valence-corrected chi connectivity index (χ0v) is 12.5. The van der Waals surface area contributed by atoms with Gasteiger partial charge in [0, 0.05) is 17.7 Å². The Balaban J connectivity index is 1.89. The van der Waals surface area contributed by atoms with Crippen molar-refractivity contribution in [1.82, 2.24) is 0 Å². The minimum absolute atomic E-state index is 0.103. The molecule has 100 valence electrons. The summed E-state index contributed by atoms with van der Waals surface area (Å²) in [4.78, 5) is 25.4. The number of carbonyl (C=O) groups excluding carboxylic acids is 2. The summed E-state index contributed by atoms with van der Waals surface area (Å²) >= 11 is 3.18. The van der Waals surface area contributed by atoms with Gasteiger partial charge >= 0.3 is 0 Å². The van der Waals surface area contributed by atoms with Crippen LogP contribution in [-0.4, -0.2) is 11.6 Å². The van der Waals surface area contributed by atoms with Crippen molar-refractivity contribution >= 4 is 34.2 Å². The van der Waals surface area contributed by atoms with Crippen molar-refractivity contribution in [2.24, 2.45) is 0 Å². The number of Topliss-reactive ketones (excluding diaryl/α,β-unsaturated/α-hetero) is 2. The third-order valence-corrected chi connectivity index (χ3v) is 4.78. The zero-order chi connectivity index (χ0) is 13.7. The van der Waals surface area contributed by atoms with Crippen molar-refractivity contribution in [3.63, 3.8) is 0 Å². The second kappa shape index (κ2) is 6.78. The minimum atomic E-state index is 0.103. The van der Waals surface area contributed by atoms with Crippen LogP contribution in [0, 0.1) is 0 Å². The van der Waals surface area contributed by atoms with Gasteiger partial charge < -0.3 is 0 Å². The number of ketones is 2. The molecule has 2 rings (SSSR count). The maximum atomic E-state index is 12.1. The Kier molecular flexibility index (Phi) is 5.05. The third-order valence-electron chi connectivity index (χ3n) is 2.85. The number of carbonyl (C=O) groups is 2. The molecule has 2 aromatic rings. The van der Waals surface area contributed by atoms with Crippen molar-refractivity contribution in [1.29, 1.82) is 0 Å². The van der Waals surface area contributed by atoms with Crippen LogP contribution in [0.25, 0.3) is 0 Å². The average molecular weight is 292 g/mol. The maximum absolute atomic E-state index is 12.1. The quantitative estimate of drug-likeness (QED) is 0.718. The molecule has 0 bridgehead atoms. The summed E-state index contributed by atoms with van der Waals surface area (Å²) in [5, 5.41) is 3.95. The van der Waals surface area contributed by atoms with Gasteiger partial charge in [0.25, 0.3) is 0 Å². The molecule has 0 spiro atoms. The van der Waals surface area contributed by atoms with Crippen LogP contribution in [0.5, 0.6) is 0 Å². The summed E-state index contributed by atoms with van der Waals surface area (Å²) < 4.78 is 0. The predicted octanol–water partition coefficient (Wildman–Crippen LogP) is 4.15. The van der Waals surface area contributed by atoms with Crippen LogP contribution in [0.15, 0.2) is 29.0 Å². The van der Waals surface area contributed by atoms with Crippen molar-refractivity contribution in [3.05, 3.63) is 44.3 Å². The van der Waals surface area contributed by atoms with E-state index >= 15 is 0 Å². The van der Waals surface area contributed by atoms with E-state index in [1.165, 1.54) is 16.2 Å². The van der Waals surface area contributed by atoms with E-state index in [9.17, 15) is 9.59 Å². The summed E-state index contributed by atoms with van der Waals surface area (Å²) in [6.45, 7) is 1.56. The number of thiophene rings is 2. The van der Waals surface area contributed by atoms with E-state index in [0.29, 0.717) is 12.8 Å². The normalized spacial score (nSPS) is 10.6. The predicted molar refractivity (Wildman–Crippen MR) is 80.3 cm³/mol. The molecule has 2 aromatic heterocycles. The Bertz CT molecular complexity index is 552. The van der Waals surface area contributed by atoms with E-state index in [4.69, 9.17) is 0 Å². The standard InChI is InChI=1S/C15H16O2S2/c1-11(16)10-12-7-9-19-15(12)14(17)6-2-4-13-5-3-8-18-13/h3,5,7-9H,2,4,6,10H2,1H3. The second-order valence-corrected chi connectivity index (χ2v) is 6.46. The fourth-order valence-corrected chi connectivity index (χ4v) is 3.62. The fraction of sp³-hybridized carbons (Fsp3) is 0.333. The van der Waals surface area contributed by atoms with Gasteiger partial charge in [-0.1, -0.05) is 6.07 Å². The Hall–Kier alpha value is -1.26. The van der Waals surface area contributed by atoms with Gasteiger partial charge in [-0.15, -0.1) is 22.7 Å². The monoisotopic (exact) mass is 292 g/mol. The first kappa shape index (κ1) is 14.2. The lowest BCUT2D eigenvalue weighted by molar-refractivity contribution is -0.116. The summed E-state index contributed by atoms with van der Waals surface area (Å²) in [7, 11) is 0. The lowest BCUT2D eigenvalue weighted by Gasteiger charge is -2.01. The van der Waals surface area contributed by atoms with Crippen molar-refractivity contribution in [2.75, 3.05) is 0 Å². The molecule has 0 saturated carbocycles. The molecule has 0 aliphatic rings. The Morgan fingerprint density at radius 3 is 2.68 bits per heavy atom. The van der Waals surface area contributed by atoms with E-state index in [1.807, 2.05) is 17.5 Å². The van der Waals surface area contributed by atoms with Crippen molar-refractivity contribution in [3.8, 4) is 0 Å². The Labute approximate surface area is 121 Å². The Morgan fingerprint density at radius 1 is 1.16 bits per heavy atom. The smallest absolute Gasteiger partial charge is 0.173 e. The molecule has 0 aromatic carbocycles. The van der Waals surface area contributed by atoms with Crippen LogP contribution in [0.2, 0.25) is 0 Å². The number of rotatable bonds is 7. The molecule has 0 atom stereocenters. The Morgan fingerprint density at radius 2 is 2.00 bits per heavy atom. The molecular formula is C15H16O2S2. The highest BCUT2D eigenvalue weighted by Gasteiger charge is 2.14. The average Bonchev–Trinajstić information content (AvgIpc) is 2.99. The number of hydrogen-bond acceptors (Lipinski definition) is 4. The SMILES string of the molecule is CC(=O)Cc1ccsc1C(=O)CCCc1cccs1. The number of hydrogen-bond donors (Lipinski definition) is 0. The molecule has 0 amide bonds. The second-order valence-electron chi connectivity index (χ2n) is 4.51. The van der Waals surface area contributed by atoms with Gasteiger partial charge in [0.05, 0.1) is 4.88 Å². The number of aryl methyl sites for hydroxylation is 1. The van der Waals surface area contributed by atoms with Gasteiger partial charge in [-0.05, 0) is 48.2 Å². The summed E-state index contributed by atoms with van der Waals surface area (Å²) in [6, 6.07) is 6.02. The zero-order valence-electron chi connectivity index (χ0n) is 10.8. The highest BCUT2D eigenvalue weighted by atomic mass is 32.1. The third kappa shape index (κ3) is 4.11. The van der Waals surface area contributed by atoms with Crippen LogP contribution in [0.1, 0.15) is 39.9 Å². The molecule has 0 unspecified atom stereocenters. The molecule has 0 saturated heterocycles. The topological polar surface area (TPSA) is 34.1 Å². The molecule has 0 fully saturated rings. The van der Waals surface area contributed by atoms with Crippen LogP contribution < -0.4 is 0 Å². The van der Waals surface area contributed by atoms with Crippen LogP contribution >= 0.6 is 22.7 Å². The van der Waals surface area contributed by atoms with Gasteiger partial charge in [0.15, 0.2) is 5.78 Å². The minimum Gasteiger partial charge on any atom is -0.300 e. The molecule has 0 N–H and O–H groups in total. The van der Waals surface area contributed by atoms with Crippen LogP contribution in [0.4, 0.5) is 0 Å². The van der Waals surface area contributed by atoms with E-state index in [2.05, 4.69) is 11.4 Å². The molecule has 4 heteroatoms. The summed E-state index contributed by atoms with van der Waals surface area (Å²) in [5.41, 5.74) is 0.888. The van der Waals surface area contributed by atoms with E-state index in [0.717, 1.165) is 23.3 Å². The van der Waals surface area contributed by atoms with Crippen LogP contribution in [-0.2, 0) is 17.6 Å². The van der Waals surface area contributed by atoms with Gasteiger partial charge in [-0.2, -0.15) is 0 Å². The molecule has 2 nitrogen and oxygen atoms in total. The lowest BCUT2D eigenvalue weighted by Crippen LogP contribution is -2.04. The lowest BCUT2D eigenvalue weighted by atomic mass is 10.1. The summed E-state index contributed by atoms with van der Waals surface area (Å²) in [6.07, 6.45) is 2.76. The largest absolute Gasteiger partial charge is 0.300 e. The van der Waals surface area contributed by atoms with E-state index in [1.54, 1.807) is 18.3 Å². The van der Waals surface area contributed by atoms with Gasteiger partial charge in [0.1, 0.15) is 5.78 Å². The van der Waals surface area contributed by atoms with Crippen molar-refractivity contribution < 1.29 is 9.59 Å². The molecule has 0 aliphatic carbocycles. The van der Waals surface area contributed by atoms with Gasteiger partial charge in [-0.3, -0.25) is 9.59 Å². The maximum Gasteiger partial charge on any atom is 0.173 e. The molecule has 2 heterocycles. The molecule has 0 aliphatic heterocycles. The van der Waals surface area contributed by atoms with Crippen molar-refractivity contribution in [2.45, 2.75) is 32.6 Å². The first-order valence-corrected chi connectivity index (χ1v) is 8.04. The molecule has 19 heavy (non-hydrogen) atoms. The fourth-order valence-electron chi connectivity index (χ4n) is 1.98. The van der Waals surface area contributed by atoms with E-state index in [-0.39, 0.29) is 11.6 Å². The molecular weight excluding hydrogens is 276 g/mol. The molecule has 0 radical (unpaired) electrons. The van der Waals surface area contributed by atoms with E-state index < -0.39 is 0 Å². The summed E-state index contributed by atoms with van der Waals surface area (Å²) in [5.74, 6) is 0.272. The van der Waals surface area contributed by atoms with Crippen LogP contribution in [0.3, 0.4) is 0 Å². The first-order chi connectivity index (χ1) is 9.16. The van der Waals surface area contributed by atoms with Gasteiger partial charge in [0.2, 0.25) is 0 Å². The van der Waals surface area contributed by atoms with Gasteiger partial charge in [-0.25, -0.2) is 0 Å².